The molecule has 8 nitrogen and oxygen atoms in total. The van der Waals surface area contributed by atoms with Gasteiger partial charge in [-0.05, 0) is 43.2 Å². The van der Waals surface area contributed by atoms with Crippen molar-refractivity contribution in [3.8, 4) is 0 Å². The lowest BCUT2D eigenvalue weighted by molar-refractivity contribution is -0.141. The molecule has 4 aromatic rings. The van der Waals surface area contributed by atoms with Gasteiger partial charge in [0.2, 0.25) is 0 Å². The number of nitrogens with zero attached hydrogens (tertiary/aromatic N) is 5. The van der Waals surface area contributed by atoms with Gasteiger partial charge >= 0.3 is 5.97 Å². The van der Waals surface area contributed by atoms with Crippen molar-refractivity contribution >= 4 is 39.5 Å². The number of aryl methyl sites for hydroxylation is 1. The summed E-state index contributed by atoms with van der Waals surface area (Å²) >= 11 is 0. The number of carboxylic acids is 1. The molecule has 0 spiro atoms. The molecule has 0 aliphatic carbocycles. The van der Waals surface area contributed by atoms with E-state index in [9.17, 15) is 9.90 Å². The Morgan fingerprint density at radius 2 is 1.86 bits per heavy atom. The molecule has 0 radical (unpaired) electrons. The fourth-order valence-corrected chi connectivity index (χ4v) is 3.38. The van der Waals surface area contributed by atoms with Crippen LogP contribution in [0.4, 0.5) is 11.5 Å². The number of aliphatic carboxylic acids is 1. The highest BCUT2D eigenvalue weighted by atomic mass is 16.4. The van der Waals surface area contributed by atoms with Gasteiger partial charge in [0, 0.05) is 5.69 Å². The molecule has 0 bridgehead atoms. The summed E-state index contributed by atoms with van der Waals surface area (Å²) in [5.41, 5.74) is 4.67. The van der Waals surface area contributed by atoms with Gasteiger partial charge in [-0.3, -0.25) is 0 Å². The minimum absolute atomic E-state index is 0.419. The van der Waals surface area contributed by atoms with E-state index in [1.807, 2.05) is 49.4 Å². The van der Waals surface area contributed by atoms with Gasteiger partial charge in [0.05, 0.1) is 22.2 Å². The van der Waals surface area contributed by atoms with E-state index in [0.717, 1.165) is 35.3 Å². The quantitative estimate of drug-likeness (QED) is 0.489. The highest BCUT2D eigenvalue weighted by molar-refractivity contribution is 5.83. The Hall–Kier alpha value is -3.55. The molecule has 0 amide bonds. The Bertz CT molecular complexity index is 1190. The van der Waals surface area contributed by atoms with Crippen LogP contribution in [0.3, 0.4) is 0 Å². The molecule has 148 valence electrons. The lowest BCUT2D eigenvalue weighted by Gasteiger charge is -2.13. The van der Waals surface area contributed by atoms with Crippen LogP contribution >= 0.6 is 0 Å². The van der Waals surface area contributed by atoms with Gasteiger partial charge in [0.15, 0.2) is 11.9 Å². The number of anilines is 2. The monoisotopic (exact) mass is 390 g/mol. The lowest BCUT2D eigenvalue weighted by atomic mass is 10.2. The summed E-state index contributed by atoms with van der Waals surface area (Å²) < 4.78 is 1.46. The van der Waals surface area contributed by atoms with Crippen LogP contribution in [-0.4, -0.2) is 36.0 Å². The van der Waals surface area contributed by atoms with Crippen molar-refractivity contribution in [2.45, 2.75) is 39.2 Å². The second-order valence-electron chi connectivity index (χ2n) is 6.88. The summed E-state index contributed by atoms with van der Waals surface area (Å²) in [5, 5.41) is 21.0. The maximum absolute atomic E-state index is 11.6. The van der Waals surface area contributed by atoms with E-state index in [-0.39, 0.29) is 0 Å². The number of hydrogen-bond donors (Lipinski definition) is 2. The number of carboxylic acid groups (broad SMARTS) is 1. The number of aromatic nitrogens is 5. The fraction of sp³-hybridized carbons (Fsp3) is 0.286. The SMILES string of the molecule is CCCc1nc2ccccc2nc1Nc1ccc2nnn(C(CC)C(=O)O)c2c1. The van der Waals surface area contributed by atoms with Gasteiger partial charge in [-0.2, -0.15) is 0 Å². The lowest BCUT2D eigenvalue weighted by Crippen LogP contribution is -2.19. The van der Waals surface area contributed by atoms with Crippen LogP contribution in [-0.2, 0) is 11.2 Å². The fourth-order valence-electron chi connectivity index (χ4n) is 3.38. The summed E-state index contributed by atoms with van der Waals surface area (Å²) in [6.07, 6.45) is 2.18. The Labute approximate surface area is 167 Å². The Balaban J connectivity index is 1.76. The molecule has 4 rings (SSSR count). The number of para-hydroxylation sites is 2. The molecular weight excluding hydrogens is 368 g/mol. The highest BCUT2D eigenvalue weighted by Crippen LogP contribution is 2.26. The zero-order valence-electron chi connectivity index (χ0n) is 16.3. The van der Waals surface area contributed by atoms with Crippen molar-refractivity contribution in [2.75, 3.05) is 5.32 Å². The molecule has 8 heteroatoms. The number of rotatable bonds is 7. The topological polar surface area (TPSA) is 106 Å². The summed E-state index contributed by atoms with van der Waals surface area (Å²) in [6.45, 7) is 3.92. The second-order valence-corrected chi connectivity index (χ2v) is 6.88. The standard InChI is InChI=1S/C21H22N6O2/c1-3-7-17-20(24-15-9-6-5-8-14(15)23-17)22-13-10-11-16-19(12-13)27(26-25-16)18(4-2)21(28)29/h5-6,8-12,18H,3-4,7H2,1-2H3,(H,22,24)(H,28,29). The van der Waals surface area contributed by atoms with Gasteiger partial charge < -0.3 is 10.4 Å². The van der Waals surface area contributed by atoms with E-state index in [2.05, 4.69) is 22.6 Å². The summed E-state index contributed by atoms with van der Waals surface area (Å²) in [5.74, 6) is -0.225. The molecule has 2 N–H and O–H groups in total. The number of hydrogen-bond acceptors (Lipinski definition) is 6. The predicted octanol–water partition coefficient (Wildman–Crippen LogP) is 4.11. The van der Waals surface area contributed by atoms with E-state index >= 15 is 0 Å². The first kappa shape index (κ1) is 18.8. The minimum atomic E-state index is -0.928. The Morgan fingerprint density at radius 3 is 2.55 bits per heavy atom. The van der Waals surface area contributed by atoms with Crippen molar-refractivity contribution in [1.82, 2.24) is 25.0 Å². The maximum atomic E-state index is 11.6. The van der Waals surface area contributed by atoms with Crippen LogP contribution in [0.1, 0.15) is 38.4 Å². The van der Waals surface area contributed by atoms with Gasteiger partial charge in [-0.15, -0.1) is 5.10 Å². The largest absolute Gasteiger partial charge is 0.480 e. The maximum Gasteiger partial charge on any atom is 0.328 e. The molecule has 0 saturated carbocycles. The normalized spacial score (nSPS) is 12.3. The summed E-state index contributed by atoms with van der Waals surface area (Å²) in [6, 6.07) is 12.6. The molecule has 2 aromatic heterocycles. The van der Waals surface area contributed by atoms with Crippen molar-refractivity contribution in [2.24, 2.45) is 0 Å². The number of benzene rings is 2. The van der Waals surface area contributed by atoms with Crippen LogP contribution in [0, 0.1) is 0 Å². The van der Waals surface area contributed by atoms with Crippen molar-refractivity contribution in [3.05, 3.63) is 48.2 Å². The van der Waals surface area contributed by atoms with Crippen LogP contribution in [0.25, 0.3) is 22.1 Å². The molecule has 0 aliphatic rings. The van der Waals surface area contributed by atoms with Gasteiger partial charge in [-0.25, -0.2) is 19.4 Å². The minimum Gasteiger partial charge on any atom is -0.480 e. The summed E-state index contributed by atoms with van der Waals surface area (Å²) in [4.78, 5) is 21.1. The van der Waals surface area contributed by atoms with Gasteiger partial charge in [0.25, 0.3) is 0 Å². The molecule has 0 fully saturated rings. The first-order valence-electron chi connectivity index (χ1n) is 9.71. The second kappa shape index (κ2) is 7.83. The zero-order valence-corrected chi connectivity index (χ0v) is 16.3. The Morgan fingerprint density at radius 1 is 1.10 bits per heavy atom. The van der Waals surface area contributed by atoms with E-state index in [4.69, 9.17) is 9.97 Å². The van der Waals surface area contributed by atoms with E-state index in [1.54, 1.807) is 0 Å². The zero-order chi connectivity index (χ0) is 20.4. The predicted molar refractivity (Wildman–Crippen MR) is 111 cm³/mol. The van der Waals surface area contributed by atoms with E-state index < -0.39 is 12.0 Å². The number of fused-ring (bicyclic) bond motifs is 2. The molecule has 0 aliphatic heterocycles. The van der Waals surface area contributed by atoms with Crippen LogP contribution < -0.4 is 5.32 Å². The van der Waals surface area contributed by atoms with Crippen molar-refractivity contribution < 1.29 is 9.90 Å². The first-order valence-corrected chi connectivity index (χ1v) is 9.71. The molecular formula is C21H22N6O2. The Kier molecular flexibility index (Phi) is 5.07. The molecule has 1 unspecified atom stereocenters. The molecule has 2 heterocycles. The smallest absolute Gasteiger partial charge is 0.328 e. The van der Waals surface area contributed by atoms with Gasteiger partial charge in [0.1, 0.15) is 5.52 Å². The summed E-state index contributed by atoms with van der Waals surface area (Å²) in [7, 11) is 0. The van der Waals surface area contributed by atoms with Crippen LogP contribution in [0.5, 0.6) is 0 Å². The molecule has 0 saturated heterocycles. The third-order valence-corrected chi connectivity index (χ3v) is 4.83. The third-order valence-electron chi connectivity index (χ3n) is 4.83. The van der Waals surface area contributed by atoms with Crippen molar-refractivity contribution in [1.29, 1.82) is 0 Å². The molecule has 1 atom stereocenters. The third kappa shape index (κ3) is 3.61. The average molecular weight is 390 g/mol. The van der Waals surface area contributed by atoms with E-state index in [1.165, 1.54) is 4.68 Å². The first-order chi connectivity index (χ1) is 14.1. The molecule has 29 heavy (non-hydrogen) atoms. The number of nitrogens with one attached hydrogen (secondary N) is 1. The number of carbonyl (C=O) groups is 1. The van der Waals surface area contributed by atoms with Gasteiger partial charge in [-0.1, -0.05) is 37.6 Å². The highest BCUT2D eigenvalue weighted by Gasteiger charge is 2.21. The van der Waals surface area contributed by atoms with Crippen LogP contribution in [0.15, 0.2) is 42.5 Å². The van der Waals surface area contributed by atoms with Crippen molar-refractivity contribution in [3.63, 3.8) is 0 Å². The molecule has 2 aromatic carbocycles. The van der Waals surface area contributed by atoms with E-state index in [0.29, 0.717) is 23.3 Å². The van der Waals surface area contributed by atoms with Crippen LogP contribution in [0.2, 0.25) is 0 Å². The average Bonchev–Trinajstić information content (AvgIpc) is 3.12.